The van der Waals surface area contributed by atoms with Crippen molar-refractivity contribution in [1.82, 2.24) is 10.1 Å². The van der Waals surface area contributed by atoms with E-state index in [0.717, 1.165) is 31.9 Å². The maximum Gasteiger partial charge on any atom is 0.276 e. The van der Waals surface area contributed by atoms with Gasteiger partial charge in [-0.25, -0.2) is 4.39 Å². The predicted molar refractivity (Wildman–Crippen MR) is 89.6 cm³/mol. The minimum atomic E-state index is -0.584. The van der Waals surface area contributed by atoms with Gasteiger partial charge in [-0.05, 0) is 37.5 Å². The third-order valence-electron chi connectivity index (χ3n) is 5.10. The molecule has 2 aliphatic rings. The van der Waals surface area contributed by atoms with E-state index in [0.29, 0.717) is 19.0 Å². The Morgan fingerprint density at radius 1 is 1.35 bits per heavy atom. The Kier molecular flexibility index (Phi) is 4.43. The van der Waals surface area contributed by atoms with Crippen molar-refractivity contribution >= 4 is 5.91 Å². The number of amides is 1. The van der Waals surface area contributed by atoms with Crippen molar-refractivity contribution < 1.29 is 18.4 Å². The number of fused-ring (bicyclic) bond motifs is 1. The van der Waals surface area contributed by atoms with Crippen molar-refractivity contribution in [2.45, 2.75) is 25.4 Å². The molecule has 134 valence electrons. The Balaban J connectivity index is 1.51. The van der Waals surface area contributed by atoms with E-state index in [1.165, 1.54) is 18.2 Å². The summed E-state index contributed by atoms with van der Waals surface area (Å²) in [6.45, 7) is 2.07. The fourth-order valence-corrected chi connectivity index (χ4v) is 3.72. The molecule has 7 heteroatoms. The number of aromatic nitrogens is 1. The largest absolute Gasteiger partial charge is 0.378 e. The van der Waals surface area contributed by atoms with Crippen LogP contribution in [-0.2, 0) is 4.74 Å². The lowest BCUT2D eigenvalue weighted by molar-refractivity contribution is -0.0608. The first kappa shape index (κ1) is 16.7. The Morgan fingerprint density at radius 3 is 3.04 bits per heavy atom. The van der Waals surface area contributed by atoms with Crippen LogP contribution in [0.5, 0.6) is 0 Å². The number of ether oxygens (including phenoxy) is 1. The number of likely N-dealkylation sites (tertiary alicyclic amines) is 1. The van der Waals surface area contributed by atoms with Crippen LogP contribution < -0.4 is 0 Å². The molecule has 3 heterocycles. The van der Waals surface area contributed by atoms with Crippen molar-refractivity contribution in [2.75, 3.05) is 19.7 Å². The molecular weight excluding hydrogens is 337 g/mol. The standard InChI is InChI=1S/C19H18FN3O3/c20-15-8-12(10-21)3-4-14(15)18-9-16(22-26-18)19(24)23-6-5-17-13(11-23)2-1-7-25-17/h3-4,8-9,13,17H,1-2,5-7,11H2. The molecule has 1 aromatic carbocycles. The molecule has 0 radical (unpaired) electrons. The number of carbonyl (C=O) groups excluding carboxylic acids is 1. The summed E-state index contributed by atoms with van der Waals surface area (Å²) in [5.41, 5.74) is 0.563. The van der Waals surface area contributed by atoms with E-state index in [2.05, 4.69) is 5.16 Å². The third-order valence-corrected chi connectivity index (χ3v) is 5.10. The van der Waals surface area contributed by atoms with Crippen molar-refractivity contribution in [3.63, 3.8) is 0 Å². The zero-order valence-electron chi connectivity index (χ0n) is 14.2. The molecule has 2 fully saturated rings. The van der Waals surface area contributed by atoms with E-state index in [1.54, 1.807) is 4.90 Å². The average molecular weight is 355 g/mol. The van der Waals surface area contributed by atoms with Crippen LogP contribution in [0.4, 0.5) is 4.39 Å². The first-order chi connectivity index (χ1) is 12.7. The van der Waals surface area contributed by atoms with Gasteiger partial charge in [0.25, 0.3) is 5.91 Å². The summed E-state index contributed by atoms with van der Waals surface area (Å²) in [5, 5.41) is 12.6. The lowest BCUT2D eigenvalue weighted by Crippen LogP contribution is -2.48. The van der Waals surface area contributed by atoms with Gasteiger partial charge in [-0.2, -0.15) is 5.26 Å². The van der Waals surface area contributed by atoms with Crippen molar-refractivity contribution in [3.8, 4) is 17.4 Å². The third kappa shape index (κ3) is 3.08. The minimum Gasteiger partial charge on any atom is -0.378 e. The SMILES string of the molecule is N#Cc1ccc(-c2cc(C(=O)N3CCC4OCCCC4C3)no2)c(F)c1. The summed E-state index contributed by atoms with van der Waals surface area (Å²) in [6.07, 6.45) is 3.16. The molecule has 1 aromatic heterocycles. The van der Waals surface area contributed by atoms with Crippen LogP contribution in [0.25, 0.3) is 11.3 Å². The number of piperidine rings is 1. The highest BCUT2D eigenvalue weighted by molar-refractivity contribution is 5.93. The maximum absolute atomic E-state index is 14.1. The minimum absolute atomic E-state index is 0.166. The molecule has 4 rings (SSSR count). The van der Waals surface area contributed by atoms with Crippen LogP contribution >= 0.6 is 0 Å². The molecule has 2 atom stereocenters. The second-order valence-corrected chi connectivity index (χ2v) is 6.73. The molecule has 0 bridgehead atoms. The Hall–Kier alpha value is -2.72. The summed E-state index contributed by atoms with van der Waals surface area (Å²) in [5.74, 6) is -0.257. The van der Waals surface area contributed by atoms with E-state index in [4.69, 9.17) is 14.5 Å². The quantitative estimate of drug-likeness (QED) is 0.827. The number of hydrogen-bond acceptors (Lipinski definition) is 5. The number of rotatable bonds is 2. The lowest BCUT2D eigenvalue weighted by atomic mass is 9.88. The highest BCUT2D eigenvalue weighted by Gasteiger charge is 2.35. The Morgan fingerprint density at radius 2 is 2.23 bits per heavy atom. The molecule has 6 nitrogen and oxygen atoms in total. The summed E-state index contributed by atoms with van der Waals surface area (Å²) in [6, 6.07) is 7.41. The van der Waals surface area contributed by atoms with Crippen LogP contribution in [0.15, 0.2) is 28.8 Å². The predicted octanol–water partition coefficient (Wildman–Crippen LogP) is 2.99. The van der Waals surface area contributed by atoms with Crippen LogP contribution in [0.1, 0.15) is 35.3 Å². The second-order valence-electron chi connectivity index (χ2n) is 6.73. The molecule has 2 saturated heterocycles. The molecular formula is C19H18FN3O3. The second kappa shape index (κ2) is 6.89. The number of benzene rings is 1. The van der Waals surface area contributed by atoms with Gasteiger partial charge in [0.15, 0.2) is 11.5 Å². The van der Waals surface area contributed by atoms with E-state index < -0.39 is 5.82 Å². The fraction of sp³-hybridized carbons (Fsp3) is 0.421. The fourth-order valence-electron chi connectivity index (χ4n) is 3.72. The molecule has 2 aromatic rings. The Bertz CT molecular complexity index is 873. The van der Waals surface area contributed by atoms with Gasteiger partial charge in [0.1, 0.15) is 5.82 Å². The van der Waals surface area contributed by atoms with Gasteiger partial charge >= 0.3 is 0 Å². The maximum atomic E-state index is 14.1. The van der Waals surface area contributed by atoms with Crippen molar-refractivity contribution in [1.29, 1.82) is 5.26 Å². The van der Waals surface area contributed by atoms with E-state index in [9.17, 15) is 9.18 Å². The summed E-state index contributed by atoms with van der Waals surface area (Å²) in [4.78, 5) is 14.5. The number of halogens is 1. The molecule has 26 heavy (non-hydrogen) atoms. The van der Waals surface area contributed by atoms with Gasteiger partial charge in [0.05, 0.1) is 23.3 Å². The van der Waals surface area contributed by atoms with Gasteiger partial charge in [-0.15, -0.1) is 0 Å². The normalized spacial score (nSPS) is 22.5. The summed E-state index contributed by atoms with van der Waals surface area (Å²) < 4.78 is 25.1. The molecule has 2 unspecified atom stereocenters. The molecule has 1 amide bonds. The lowest BCUT2D eigenvalue weighted by Gasteiger charge is -2.40. The number of carbonyl (C=O) groups is 1. The number of hydrogen-bond donors (Lipinski definition) is 0. The zero-order valence-corrected chi connectivity index (χ0v) is 14.2. The number of nitriles is 1. The van der Waals surface area contributed by atoms with Crippen LogP contribution in [0.3, 0.4) is 0 Å². The first-order valence-corrected chi connectivity index (χ1v) is 8.73. The van der Waals surface area contributed by atoms with Crippen molar-refractivity contribution in [3.05, 3.63) is 41.3 Å². The van der Waals surface area contributed by atoms with Gasteiger partial charge in [0, 0.05) is 31.7 Å². The monoisotopic (exact) mass is 355 g/mol. The molecule has 0 aliphatic carbocycles. The van der Waals surface area contributed by atoms with E-state index >= 15 is 0 Å². The first-order valence-electron chi connectivity index (χ1n) is 8.73. The zero-order chi connectivity index (χ0) is 18.1. The van der Waals surface area contributed by atoms with Gasteiger partial charge in [-0.1, -0.05) is 5.16 Å². The van der Waals surface area contributed by atoms with Gasteiger partial charge < -0.3 is 14.2 Å². The molecule has 0 saturated carbocycles. The molecule has 2 aliphatic heterocycles. The van der Waals surface area contributed by atoms with E-state index in [-0.39, 0.29) is 34.6 Å². The number of nitrogens with zero attached hydrogens (tertiary/aromatic N) is 3. The Labute approximate surface area is 150 Å². The van der Waals surface area contributed by atoms with Crippen LogP contribution in [-0.4, -0.2) is 41.8 Å². The molecule has 0 N–H and O–H groups in total. The highest BCUT2D eigenvalue weighted by atomic mass is 19.1. The van der Waals surface area contributed by atoms with Crippen LogP contribution in [0.2, 0.25) is 0 Å². The summed E-state index contributed by atoms with van der Waals surface area (Å²) in [7, 11) is 0. The topological polar surface area (TPSA) is 79.4 Å². The summed E-state index contributed by atoms with van der Waals surface area (Å²) >= 11 is 0. The molecule has 0 spiro atoms. The van der Waals surface area contributed by atoms with Gasteiger partial charge in [-0.3, -0.25) is 4.79 Å². The smallest absolute Gasteiger partial charge is 0.276 e. The van der Waals surface area contributed by atoms with Crippen LogP contribution in [0, 0.1) is 23.1 Å². The average Bonchev–Trinajstić information content (AvgIpc) is 3.16. The highest BCUT2D eigenvalue weighted by Crippen LogP contribution is 2.30. The van der Waals surface area contributed by atoms with Gasteiger partial charge in [0.2, 0.25) is 0 Å². The van der Waals surface area contributed by atoms with E-state index in [1.807, 2.05) is 6.07 Å². The van der Waals surface area contributed by atoms with Crippen molar-refractivity contribution in [2.24, 2.45) is 5.92 Å².